The lowest BCUT2D eigenvalue weighted by Crippen LogP contribution is -2.27. The quantitative estimate of drug-likeness (QED) is 0.0219. The molecule has 0 aromatic heterocycles. The van der Waals surface area contributed by atoms with Crippen molar-refractivity contribution in [2.75, 3.05) is 19.8 Å². The number of hydrogen-bond acceptors (Lipinski definition) is 6. The van der Waals surface area contributed by atoms with E-state index < -0.39 is 81.3 Å². The fourth-order valence-electron chi connectivity index (χ4n) is 8.11. The molecule has 74 heavy (non-hydrogen) atoms. The standard InChI is InChI=1S/C57H55F11O6/c1-3-36(15-11-7-5-9-13-31-71-42-26-28-44(46(58)34-42)37-17-22-40(23-18-37)73-56(65,66)39-21-30-49(69)48(60)33-39)16-12-8-6-10-14-32-72-43-27-29-45(47(59)35-43)38-19-24-41(25-20-38)74-57(67,68)50-51(61)53(63)55(70-4-2)54(64)52(50)62/h3,17-30,33-36,69H,1,4-16,31-32H2,2H3. The van der Waals surface area contributed by atoms with Gasteiger partial charge in [-0.1, -0.05) is 81.7 Å². The third kappa shape index (κ3) is 15.1. The third-order valence-electron chi connectivity index (χ3n) is 12.1. The van der Waals surface area contributed by atoms with E-state index in [-0.39, 0.29) is 29.0 Å². The number of rotatable bonds is 29. The molecule has 17 heteroatoms. The van der Waals surface area contributed by atoms with E-state index in [1.807, 2.05) is 6.08 Å². The summed E-state index contributed by atoms with van der Waals surface area (Å²) < 4.78 is 185. The Morgan fingerprint density at radius 3 is 1.35 bits per heavy atom. The van der Waals surface area contributed by atoms with Gasteiger partial charge in [0.05, 0.1) is 25.4 Å². The van der Waals surface area contributed by atoms with Crippen molar-refractivity contribution in [2.45, 2.75) is 96.2 Å². The number of hydrogen-bond donors (Lipinski definition) is 1. The van der Waals surface area contributed by atoms with E-state index in [4.69, 9.17) is 14.2 Å². The Kier molecular flexibility index (Phi) is 20.1. The highest BCUT2D eigenvalue weighted by Gasteiger charge is 2.45. The van der Waals surface area contributed by atoms with E-state index in [0.29, 0.717) is 42.3 Å². The lowest BCUT2D eigenvalue weighted by atomic mass is 9.94. The Labute approximate surface area is 422 Å². The number of allylic oxidation sites excluding steroid dienone is 1. The Bertz CT molecular complexity index is 2760. The molecule has 0 saturated carbocycles. The zero-order valence-electron chi connectivity index (χ0n) is 40.4. The number of aromatic hydroxyl groups is 1. The van der Waals surface area contributed by atoms with Crippen LogP contribution < -0.4 is 23.7 Å². The number of phenolic OH excluding ortho intramolecular Hbond substituents is 1. The van der Waals surface area contributed by atoms with Gasteiger partial charge in [0.1, 0.15) is 40.2 Å². The highest BCUT2D eigenvalue weighted by molar-refractivity contribution is 5.67. The molecule has 396 valence electrons. The molecule has 6 nitrogen and oxygen atoms in total. The van der Waals surface area contributed by atoms with Crippen LogP contribution in [0, 0.1) is 46.6 Å². The Balaban J connectivity index is 0.801. The second kappa shape index (κ2) is 26.3. The summed E-state index contributed by atoms with van der Waals surface area (Å²) in [5.74, 6) is -13.4. The molecule has 0 bridgehead atoms. The molecule has 1 N–H and O–H groups in total. The summed E-state index contributed by atoms with van der Waals surface area (Å²) in [6.07, 6.45) is 5.16. The summed E-state index contributed by atoms with van der Waals surface area (Å²) in [5, 5.41) is 9.28. The van der Waals surface area contributed by atoms with Crippen LogP contribution in [-0.4, -0.2) is 24.9 Å². The largest absolute Gasteiger partial charge is 0.505 e. The smallest absolute Gasteiger partial charge is 0.432 e. The van der Waals surface area contributed by atoms with Gasteiger partial charge in [0.15, 0.2) is 29.0 Å². The zero-order valence-corrected chi connectivity index (χ0v) is 40.4. The predicted molar refractivity (Wildman–Crippen MR) is 258 cm³/mol. The average Bonchev–Trinajstić information content (AvgIpc) is 3.37. The topological polar surface area (TPSA) is 66.4 Å². The minimum absolute atomic E-state index is 0.106. The van der Waals surface area contributed by atoms with Crippen LogP contribution in [0.3, 0.4) is 0 Å². The monoisotopic (exact) mass is 1040 g/mol. The fourth-order valence-corrected chi connectivity index (χ4v) is 8.11. The van der Waals surface area contributed by atoms with E-state index in [0.717, 1.165) is 101 Å². The first kappa shape index (κ1) is 56.4. The maximum atomic E-state index is 15.1. The van der Waals surface area contributed by atoms with Gasteiger partial charge < -0.3 is 28.8 Å². The fraction of sp³-hybridized carbons (Fsp3) is 0.333. The van der Waals surface area contributed by atoms with Gasteiger partial charge in [-0.2, -0.15) is 26.3 Å². The number of alkyl halides is 4. The van der Waals surface area contributed by atoms with Crippen LogP contribution >= 0.6 is 0 Å². The van der Waals surface area contributed by atoms with Gasteiger partial charge in [0.25, 0.3) is 0 Å². The third-order valence-corrected chi connectivity index (χ3v) is 12.1. The number of unbranched alkanes of at least 4 members (excludes halogenated alkanes) is 8. The molecule has 0 spiro atoms. The second-order valence-electron chi connectivity index (χ2n) is 17.4. The van der Waals surface area contributed by atoms with Crippen molar-refractivity contribution in [2.24, 2.45) is 5.92 Å². The molecule has 6 rings (SSSR count). The SMILES string of the molecule is C=CC(CCCCCCCOc1ccc(-c2ccc(OC(F)(F)c3ccc(O)c(F)c3)cc2)c(F)c1)CCCCCCCOc1ccc(-c2ccc(OC(F)(F)c3c(F)c(F)c(OCC)c(F)c3F)cc2)c(F)c1. The predicted octanol–water partition coefficient (Wildman–Crippen LogP) is 17.3. The van der Waals surface area contributed by atoms with Gasteiger partial charge in [0, 0.05) is 23.3 Å². The molecule has 0 aliphatic heterocycles. The van der Waals surface area contributed by atoms with Crippen molar-refractivity contribution in [3.05, 3.63) is 168 Å². The summed E-state index contributed by atoms with van der Waals surface area (Å²) in [6, 6.07) is 20.6. The molecule has 0 saturated heterocycles. The van der Waals surface area contributed by atoms with Crippen LogP contribution in [0.15, 0.2) is 116 Å². The van der Waals surface area contributed by atoms with Crippen LogP contribution in [-0.2, 0) is 12.2 Å². The van der Waals surface area contributed by atoms with Crippen molar-refractivity contribution in [1.82, 2.24) is 0 Å². The Morgan fingerprint density at radius 1 is 0.486 bits per heavy atom. The van der Waals surface area contributed by atoms with Gasteiger partial charge in [-0.05, 0) is 116 Å². The van der Waals surface area contributed by atoms with Crippen molar-refractivity contribution in [1.29, 1.82) is 0 Å². The number of halogens is 11. The second-order valence-corrected chi connectivity index (χ2v) is 17.4. The number of benzene rings is 6. The minimum Gasteiger partial charge on any atom is -0.505 e. The molecule has 1 atom stereocenters. The number of phenols is 1. The lowest BCUT2D eigenvalue weighted by molar-refractivity contribution is -0.190. The van der Waals surface area contributed by atoms with E-state index in [1.54, 1.807) is 18.2 Å². The Morgan fingerprint density at radius 2 is 0.919 bits per heavy atom. The maximum Gasteiger partial charge on any atom is 0.432 e. The van der Waals surface area contributed by atoms with E-state index >= 15 is 8.78 Å². The Hall–Kier alpha value is -6.91. The molecule has 6 aromatic carbocycles. The van der Waals surface area contributed by atoms with Crippen LogP contribution in [0.4, 0.5) is 48.3 Å². The van der Waals surface area contributed by atoms with Gasteiger partial charge in [-0.15, -0.1) is 6.58 Å². The molecule has 0 aliphatic rings. The summed E-state index contributed by atoms with van der Waals surface area (Å²) >= 11 is 0. The molecule has 0 heterocycles. The van der Waals surface area contributed by atoms with Gasteiger partial charge in [0.2, 0.25) is 11.6 Å². The first-order valence-electron chi connectivity index (χ1n) is 24.2. The average molecular weight is 1050 g/mol. The molecule has 0 fully saturated rings. The van der Waals surface area contributed by atoms with E-state index in [9.17, 15) is 44.6 Å². The molecular formula is C57H55F11O6. The number of ether oxygens (including phenoxy) is 5. The molecule has 6 aromatic rings. The van der Waals surface area contributed by atoms with Crippen molar-refractivity contribution in [3.8, 4) is 56.8 Å². The van der Waals surface area contributed by atoms with Gasteiger partial charge in [-0.3, -0.25) is 0 Å². The molecule has 0 amide bonds. The van der Waals surface area contributed by atoms with Gasteiger partial charge >= 0.3 is 12.2 Å². The first-order valence-corrected chi connectivity index (χ1v) is 24.2. The summed E-state index contributed by atoms with van der Waals surface area (Å²) in [4.78, 5) is 0. The summed E-state index contributed by atoms with van der Waals surface area (Å²) in [5.41, 5.74) is -2.02. The molecule has 1 unspecified atom stereocenters. The van der Waals surface area contributed by atoms with Crippen molar-refractivity contribution < 1.29 is 77.1 Å². The van der Waals surface area contributed by atoms with Crippen LogP contribution in [0.25, 0.3) is 22.3 Å². The van der Waals surface area contributed by atoms with Crippen molar-refractivity contribution >= 4 is 0 Å². The first-order chi connectivity index (χ1) is 35.4. The van der Waals surface area contributed by atoms with Crippen LogP contribution in [0.1, 0.15) is 95.1 Å². The highest BCUT2D eigenvalue weighted by Crippen LogP contribution is 2.41. The summed E-state index contributed by atoms with van der Waals surface area (Å²) in [6.45, 7) is 5.71. The maximum absolute atomic E-state index is 15.1. The molecule has 0 radical (unpaired) electrons. The lowest BCUT2D eigenvalue weighted by Gasteiger charge is -2.21. The van der Waals surface area contributed by atoms with Crippen molar-refractivity contribution in [3.63, 3.8) is 0 Å². The van der Waals surface area contributed by atoms with Crippen LogP contribution in [0.2, 0.25) is 0 Å². The molecular weight excluding hydrogens is 990 g/mol. The van der Waals surface area contributed by atoms with E-state index in [1.165, 1.54) is 61.5 Å². The highest BCUT2D eigenvalue weighted by atomic mass is 19.3. The molecule has 0 aliphatic carbocycles. The minimum atomic E-state index is -4.83. The van der Waals surface area contributed by atoms with Gasteiger partial charge in [-0.25, -0.2) is 22.0 Å². The normalized spacial score (nSPS) is 12.1. The summed E-state index contributed by atoms with van der Waals surface area (Å²) in [7, 11) is 0. The zero-order chi connectivity index (χ0) is 53.4. The van der Waals surface area contributed by atoms with Crippen LogP contribution in [0.5, 0.6) is 34.5 Å². The van der Waals surface area contributed by atoms with E-state index in [2.05, 4.69) is 16.1 Å².